The van der Waals surface area contributed by atoms with Crippen LogP contribution >= 0.6 is 0 Å². The molecule has 0 fully saturated rings. The minimum Gasteiger partial charge on any atom is -0.493 e. The quantitative estimate of drug-likeness (QED) is 0.559. The Hall–Kier alpha value is -2.96. The molecular weight excluding hydrogens is 349 g/mol. The van der Waals surface area contributed by atoms with E-state index < -0.39 is 17.7 Å². The monoisotopic (exact) mass is 366 g/mol. The number of carbonyl (C=O) groups excluding carboxylic acids is 1. The fraction of sp³-hybridized carbons (Fsp3) is 0.211. The van der Waals surface area contributed by atoms with E-state index in [2.05, 4.69) is 0 Å². The number of alkyl halides is 3. The van der Waals surface area contributed by atoms with Gasteiger partial charge >= 0.3 is 12.1 Å². The molecule has 2 rings (SSSR count). The Bertz CT molecular complexity index is 798. The van der Waals surface area contributed by atoms with Gasteiger partial charge in [-0.1, -0.05) is 18.2 Å². The Morgan fingerprint density at radius 3 is 2.42 bits per heavy atom. The third-order valence-electron chi connectivity index (χ3n) is 3.45. The van der Waals surface area contributed by atoms with Crippen molar-refractivity contribution >= 4 is 12.0 Å². The maximum atomic E-state index is 12.7. The first-order valence-electron chi connectivity index (χ1n) is 7.56. The Morgan fingerprint density at radius 1 is 1.04 bits per heavy atom. The van der Waals surface area contributed by atoms with Crippen molar-refractivity contribution in [1.29, 1.82) is 0 Å². The lowest BCUT2D eigenvalue weighted by Crippen LogP contribution is -2.06. The van der Waals surface area contributed by atoms with Crippen LogP contribution < -0.4 is 9.47 Å². The number of hydrogen-bond donors (Lipinski definition) is 0. The van der Waals surface area contributed by atoms with Crippen LogP contribution in [-0.4, -0.2) is 20.2 Å². The first kappa shape index (κ1) is 19.4. The molecule has 0 radical (unpaired) electrons. The number of methoxy groups -OCH3 is 2. The molecule has 138 valence electrons. The predicted octanol–water partition coefficient (Wildman–Crippen LogP) is 4.48. The van der Waals surface area contributed by atoms with Crippen LogP contribution in [0.2, 0.25) is 0 Å². The molecule has 0 spiro atoms. The van der Waals surface area contributed by atoms with E-state index in [9.17, 15) is 18.0 Å². The highest BCUT2D eigenvalue weighted by Gasteiger charge is 2.30. The standard InChI is InChI=1S/C19H17F3O4/c1-24-16-8-6-13(11-17(16)25-2)7-9-18(23)26-12-14-4-3-5-15(10-14)19(20,21)22/h3-11H,12H2,1-2H3. The summed E-state index contributed by atoms with van der Waals surface area (Å²) in [5.41, 5.74) is 0.151. The van der Waals surface area contributed by atoms with Gasteiger partial charge in [0, 0.05) is 6.08 Å². The van der Waals surface area contributed by atoms with Crippen LogP contribution in [0.5, 0.6) is 11.5 Å². The normalized spacial score (nSPS) is 11.4. The van der Waals surface area contributed by atoms with E-state index in [4.69, 9.17) is 14.2 Å². The second-order valence-electron chi connectivity index (χ2n) is 5.25. The Labute approximate surface area is 148 Å². The summed E-state index contributed by atoms with van der Waals surface area (Å²) < 4.78 is 53.2. The highest BCUT2D eigenvalue weighted by Crippen LogP contribution is 2.30. The van der Waals surface area contributed by atoms with Gasteiger partial charge < -0.3 is 14.2 Å². The van der Waals surface area contributed by atoms with Crippen molar-refractivity contribution in [3.8, 4) is 11.5 Å². The zero-order chi connectivity index (χ0) is 19.2. The van der Waals surface area contributed by atoms with E-state index in [-0.39, 0.29) is 12.2 Å². The summed E-state index contributed by atoms with van der Waals surface area (Å²) in [6.07, 6.45) is -1.74. The summed E-state index contributed by atoms with van der Waals surface area (Å²) in [5, 5.41) is 0. The van der Waals surface area contributed by atoms with Crippen molar-refractivity contribution in [3.05, 3.63) is 65.2 Å². The summed E-state index contributed by atoms with van der Waals surface area (Å²) in [6.45, 7) is -0.251. The van der Waals surface area contributed by atoms with Crippen molar-refractivity contribution in [2.75, 3.05) is 14.2 Å². The average Bonchev–Trinajstić information content (AvgIpc) is 2.64. The smallest absolute Gasteiger partial charge is 0.416 e. The van der Waals surface area contributed by atoms with Crippen LogP contribution in [0.25, 0.3) is 6.08 Å². The highest BCUT2D eigenvalue weighted by atomic mass is 19.4. The van der Waals surface area contributed by atoms with Gasteiger partial charge in [-0.3, -0.25) is 0 Å². The van der Waals surface area contributed by atoms with Crippen LogP contribution in [-0.2, 0) is 22.3 Å². The van der Waals surface area contributed by atoms with Gasteiger partial charge in [-0.25, -0.2) is 4.79 Å². The Morgan fingerprint density at radius 2 is 1.77 bits per heavy atom. The summed E-state index contributed by atoms with van der Waals surface area (Å²) in [6, 6.07) is 9.72. The zero-order valence-electron chi connectivity index (χ0n) is 14.2. The van der Waals surface area contributed by atoms with E-state index in [1.54, 1.807) is 18.2 Å². The molecule has 2 aromatic carbocycles. The molecule has 0 unspecified atom stereocenters. The molecule has 26 heavy (non-hydrogen) atoms. The topological polar surface area (TPSA) is 44.8 Å². The first-order valence-corrected chi connectivity index (χ1v) is 7.56. The fourth-order valence-corrected chi connectivity index (χ4v) is 2.16. The van der Waals surface area contributed by atoms with Crippen LogP contribution in [0.3, 0.4) is 0 Å². The van der Waals surface area contributed by atoms with Gasteiger partial charge in [-0.15, -0.1) is 0 Å². The molecule has 0 aromatic heterocycles. The van der Waals surface area contributed by atoms with Crippen LogP contribution in [0.15, 0.2) is 48.5 Å². The molecule has 0 heterocycles. The van der Waals surface area contributed by atoms with Crippen molar-refractivity contribution in [2.45, 2.75) is 12.8 Å². The number of rotatable bonds is 6. The van der Waals surface area contributed by atoms with Crippen molar-refractivity contribution in [1.82, 2.24) is 0 Å². The van der Waals surface area contributed by atoms with Crippen LogP contribution in [0, 0.1) is 0 Å². The van der Waals surface area contributed by atoms with Crippen LogP contribution in [0.1, 0.15) is 16.7 Å². The second kappa shape index (κ2) is 8.42. The molecule has 7 heteroatoms. The molecule has 0 aliphatic rings. The number of esters is 1. The predicted molar refractivity (Wildman–Crippen MR) is 89.8 cm³/mol. The lowest BCUT2D eigenvalue weighted by molar-refractivity contribution is -0.138. The largest absolute Gasteiger partial charge is 0.493 e. The van der Waals surface area contributed by atoms with Crippen molar-refractivity contribution in [2.24, 2.45) is 0 Å². The molecule has 0 saturated heterocycles. The Balaban J connectivity index is 1.98. The molecule has 0 saturated carbocycles. The molecule has 0 aliphatic carbocycles. The van der Waals surface area contributed by atoms with Gasteiger partial charge in [0.1, 0.15) is 6.61 Å². The molecule has 0 atom stereocenters. The van der Waals surface area contributed by atoms with Gasteiger partial charge in [-0.05, 0) is 41.5 Å². The number of halogens is 3. The number of ether oxygens (including phenoxy) is 3. The number of carbonyl (C=O) groups is 1. The molecule has 4 nitrogen and oxygen atoms in total. The minimum absolute atomic E-state index is 0.251. The highest BCUT2D eigenvalue weighted by molar-refractivity contribution is 5.87. The fourth-order valence-electron chi connectivity index (χ4n) is 2.16. The van der Waals surface area contributed by atoms with Gasteiger partial charge in [0.25, 0.3) is 0 Å². The number of benzene rings is 2. The Kier molecular flexibility index (Phi) is 6.27. The average molecular weight is 366 g/mol. The molecule has 0 amide bonds. The van der Waals surface area contributed by atoms with E-state index in [0.29, 0.717) is 17.1 Å². The maximum Gasteiger partial charge on any atom is 0.416 e. The summed E-state index contributed by atoms with van der Waals surface area (Å²) in [7, 11) is 3.01. The van der Waals surface area contributed by atoms with Gasteiger partial charge in [0.05, 0.1) is 19.8 Å². The molecule has 0 bridgehead atoms. The zero-order valence-corrected chi connectivity index (χ0v) is 14.2. The SMILES string of the molecule is COc1ccc(C=CC(=O)OCc2cccc(C(F)(F)F)c2)cc1OC. The lowest BCUT2D eigenvalue weighted by atomic mass is 10.1. The van der Waals surface area contributed by atoms with E-state index in [1.807, 2.05) is 0 Å². The summed E-state index contributed by atoms with van der Waals surface area (Å²) >= 11 is 0. The third kappa shape index (κ3) is 5.27. The summed E-state index contributed by atoms with van der Waals surface area (Å²) in [5.74, 6) is 0.390. The third-order valence-corrected chi connectivity index (χ3v) is 3.45. The molecule has 0 aliphatic heterocycles. The van der Waals surface area contributed by atoms with Gasteiger partial charge in [-0.2, -0.15) is 13.2 Å². The summed E-state index contributed by atoms with van der Waals surface area (Å²) in [4.78, 5) is 11.8. The van der Waals surface area contributed by atoms with E-state index in [0.717, 1.165) is 12.1 Å². The van der Waals surface area contributed by atoms with E-state index in [1.165, 1.54) is 38.5 Å². The maximum absolute atomic E-state index is 12.7. The molecule has 2 aromatic rings. The van der Waals surface area contributed by atoms with Crippen LogP contribution in [0.4, 0.5) is 13.2 Å². The second-order valence-corrected chi connectivity index (χ2v) is 5.25. The first-order chi connectivity index (χ1) is 12.3. The molecule has 0 N–H and O–H groups in total. The number of hydrogen-bond acceptors (Lipinski definition) is 4. The molecular formula is C19H17F3O4. The lowest BCUT2D eigenvalue weighted by Gasteiger charge is -2.09. The minimum atomic E-state index is -4.44. The van der Waals surface area contributed by atoms with Gasteiger partial charge in [0.15, 0.2) is 11.5 Å². The van der Waals surface area contributed by atoms with Crippen molar-refractivity contribution < 1.29 is 32.2 Å². The van der Waals surface area contributed by atoms with Gasteiger partial charge in [0.2, 0.25) is 0 Å². The van der Waals surface area contributed by atoms with E-state index >= 15 is 0 Å². The van der Waals surface area contributed by atoms with Crippen molar-refractivity contribution in [3.63, 3.8) is 0 Å².